The largest absolute Gasteiger partial charge is 0.334 e. The van der Waals surface area contributed by atoms with Crippen molar-refractivity contribution in [2.45, 2.75) is 38.8 Å². The number of hydrogen-bond acceptors (Lipinski definition) is 3. The molecule has 0 spiro atoms. The molecule has 0 saturated carbocycles. The Hall–Kier alpha value is -1.13. The first-order valence-corrected chi connectivity index (χ1v) is 6.65. The highest BCUT2D eigenvalue weighted by Crippen LogP contribution is 2.16. The van der Waals surface area contributed by atoms with Gasteiger partial charge in [-0.25, -0.2) is 0 Å². The molecule has 2 rings (SSSR count). The normalized spacial score (nSPS) is 19.1. The highest BCUT2D eigenvalue weighted by molar-refractivity contribution is 5.85. The van der Waals surface area contributed by atoms with Crippen LogP contribution in [0.4, 0.5) is 0 Å². The van der Waals surface area contributed by atoms with Crippen molar-refractivity contribution in [3.8, 4) is 0 Å². The molecule has 106 valence electrons. The summed E-state index contributed by atoms with van der Waals surface area (Å²) in [5.74, 6) is 0.146. The van der Waals surface area contributed by atoms with Crippen molar-refractivity contribution in [1.29, 1.82) is 0 Å². The number of aromatic nitrogens is 1. The lowest BCUT2D eigenvalue weighted by Gasteiger charge is -2.29. The van der Waals surface area contributed by atoms with Crippen LogP contribution in [0.5, 0.6) is 0 Å². The van der Waals surface area contributed by atoms with Crippen LogP contribution in [0.15, 0.2) is 24.4 Å². The molecule has 0 aliphatic carbocycles. The monoisotopic (exact) mass is 283 g/mol. The van der Waals surface area contributed by atoms with E-state index in [0.717, 1.165) is 38.0 Å². The summed E-state index contributed by atoms with van der Waals surface area (Å²) >= 11 is 0. The molecule has 0 radical (unpaired) electrons. The van der Waals surface area contributed by atoms with E-state index < -0.39 is 0 Å². The average Bonchev–Trinajstić information content (AvgIpc) is 2.65. The smallest absolute Gasteiger partial charge is 0.220 e. The molecule has 1 aliphatic heterocycles. The molecule has 1 atom stereocenters. The second kappa shape index (κ2) is 8.12. The van der Waals surface area contributed by atoms with Gasteiger partial charge in [-0.05, 0) is 44.5 Å². The number of amides is 1. The number of pyridine rings is 1. The number of carbonyl (C=O) groups is 1. The summed E-state index contributed by atoms with van der Waals surface area (Å²) in [6.45, 7) is 4.34. The summed E-state index contributed by atoms with van der Waals surface area (Å²) in [5, 5.41) is 3.38. The fraction of sp³-hybridized carbons (Fsp3) is 0.571. The van der Waals surface area contributed by atoms with Crippen molar-refractivity contribution < 1.29 is 4.79 Å². The van der Waals surface area contributed by atoms with E-state index in [-0.39, 0.29) is 18.3 Å². The maximum absolute atomic E-state index is 11.8. The Morgan fingerprint density at radius 3 is 2.95 bits per heavy atom. The quantitative estimate of drug-likeness (QED) is 0.923. The van der Waals surface area contributed by atoms with Crippen molar-refractivity contribution in [3.63, 3.8) is 0 Å². The van der Waals surface area contributed by atoms with Gasteiger partial charge in [0.05, 0.1) is 12.2 Å². The first kappa shape index (κ1) is 15.9. The third kappa shape index (κ3) is 4.80. The number of rotatable bonds is 3. The third-order valence-corrected chi connectivity index (χ3v) is 3.45. The summed E-state index contributed by atoms with van der Waals surface area (Å²) < 4.78 is 0. The van der Waals surface area contributed by atoms with Gasteiger partial charge in [0.2, 0.25) is 5.91 Å². The van der Waals surface area contributed by atoms with E-state index in [1.807, 2.05) is 23.1 Å². The fourth-order valence-corrected chi connectivity index (χ4v) is 2.48. The minimum absolute atomic E-state index is 0. The predicted octanol–water partition coefficient (Wildman–Crippen LogP) is 1.99. The van der Waals surface area contributed by atoms with E-state index in [4.69, 9.17) is 0 Å². The molecule has 1 N–H and O–H groups in total. The Labute approximate surface area is 121 Å². The average molecular weight is 284 g/mol. The van der Waals surface area contributed by atoms with Crippen LogP contribution in [0.25, 0.3) is 0 Å². The first-order chi connectivity index (χ1) is 8.77. The Balaban J connectivity index is 0.00000180. The van der Waals surface area contributed by atoms with E-state index >= 15 is 0 Å². The van der Waals surface area contributed by atoms with Crippen LogP contribution in [0.2, 0.25) is 0 Å². The minimum atomic E-state index is 0. The molecular weight excluding hydrogens is 262 g/mol. The van der Waals surface area contributed by atoms with E-state index in [1.165, 1.54) is 0 Å². The zero-order valence-electron chi connectivity index (χ0n) is 11.3. The molecule has 0 bridgehead atoms. The number of nitrogens with one attached hydrogen (secondary N) is 1. The van der Waals surface area contributed by atoms with Gasteiger partial charge in [0.25, 0.3) is 0 Å². The van der Waals surface area contributed by atoms with Crippen LogP contribution >= 0.6 is 12.4 Å². The molecule has 1 unspecified atom stereocenters. The Bertz CT molecular complexity index is 378. The van der Waals surface area contributed by atoms with Gasteiger partial charge >= 0.3 is 0 Å². The van der Waals surface area contributed by atoms with Gasteiger partial charge in [-0.2, -0.15) is 0 Å². The number of nitrogens with zero attached hydrogens (tertiary/aromatic N) is 2. The van der Waals surface area contributed by atoms with Crippen LogP contribution in [0.3, 0.4) is 0 Å². The molecule has 1 saturated heterocycles. The van der Waals surface area contributed by atoms with E-state index in [9.17, 15) is 4.79 Å². The molecule has 19 heavy (non-hydrogen) atoms. The molecule has 0 aromatic carbocycles. The first-order valence-electron chi connectivity index (χ1n) is 6.65. The minimum Gasteiger partial charge on any atom is -0.334 e. The van der Waals surface area contributed by atoms with Gasteiger partial charge in [-0.3, -0.25) is 9.78 Å². The van der Waals surface area contributed by atoms with Crippen molar-refractivity contribution in [2.24, 2.45) is 0 Å². The second-order valence-electron chi connectivity index (χ2n) is 4.80. The van der Waals surface area contributed by atoms with E-state index in [0.29, 0.717) is 12.6 Å². The van der Waals surface area contributed by atoms with Crippen LogP contribution in [-0.4, -0.2) is 34.9 Å². The lowest BCUT2D eigenvalue weighted by Crippen LogP contribution is -2.39. The molecule has 1 aliphatic rings. The van der Waals surface area contributed by atoms with Crippen molar-refractivity contribution in [3.05, 3.63) is 30.1 Å². The Morgan fingerprint density at radius 1 is 1.42 bits per heavy atom. The highest BCUT2D eigenvalue weighted by atomic mass is 35.5. The molecule has 1 aromatic heterocycles. The summed E-state index contributed by atoms with van der Waals surface area (Å²) in [5.41, 5.74) is 0.963. The van der Waals surface area contributed by atoms with Crippen molar-refractivity contribution >= 4 is 18.3 Å². The molecule has 1 amide bonds. The van der Waals surface area contributed by atoms with Crippen LogP contribution in [0, 0.1) is 0 Å². The van der Waals surface area contributed by atoms with Crippen LogP contribution in [0.1, 0.15) is 31.9 Å². The van der Waals surface area contributed by atoms with E-state index in [2.05, 4.69) is 10.3 Å². The molecular formula is C14H22ClN3O. The predicted molar refractivity (Wildman–Crippen MR) is 78.2 cm³/mol. The highest BCUT2D eigenvalue weighted by Gasteiger charge is 2.22. The summed E-state index contributed by atoms with van der Waals surface area (Å²) in [6, 6.07) is 6.19. The number of halogens is 1. The van der Waals surface area contributed by atoms with Crippen LogP contribution < -0.4 is 5.32 Å². The number of hydrogen-bond donors (Lipinski definition) is 1. The SMILES string of the molecule is CC(=O)N(Cc1ccccn1)C1CCCNCC1.Cl. The maximum Gasteiger partial charge on any atom is 0.220 e. The summed E-state index contributed by atoms with van der Waals surface area (Å²) in [7, 11) is 0. The van der Waals surface area contributed by atoms with Crippen LogP contribution in [-0.2, 0) is 11.3 Å². The van der Waals surface area contributed by atoms with E-state index in [1.54, 1.807) is 13.1 Å². The zero-order valence-corrected chi connectivity index (χ0v) is 12.2. The second-order valence-corrected chi connectivity index (χ2v) is 4.80. The van der Waals surface area contributed by atoms with Gasteiger partial charge < -0.3 is 10.2 Å². The Morgan fingerprint density at radius 2 is 2.26 bits per heavy atom. The van der Waals surface area contributed by atoms with Crippen molar-refractivity contribution in [1.82, 2.24) is 15.2 Å². The van der Waals surface area contributed by atoms with Gasteiger partial charge in [0, 0.05) is 19.2 Å². The Kier molecular flexibility index (Phi) is 6.81. The number of carbonyl (C=O) groups excluding carboxylic acids is 1. The lowest BCUT2D eigenvalue weighted by atomic mass is 10.1. The molecule has 2 heterocycles. The van der Waals surface area contributed by atoms with Crippen molar-refractivity contribution in [2.75, 3.05) is 13.1 Å². The van der Waals surface area contributed by atoms with Gasteiger partial charge in [0.1, 0.15) is 0 Å². The summed E-state index contributed by atoms with van der Waals surface area (Å²) in [4.78, 5) is 18.1. The van der Waals surface area contributed by atoms with Gasteiger partial charge in [-0.1, -0.05) is 6.07 Å². The molecule has 1 fully saturated rings. The zero-order chi connectivity index (χ0) is 12.8. The standard InChI is InChI=1S/C14H21N3O.ClH/c1-12(18)17(11-13-5-2-3-9-16-13)14-6-4-8-15-10-7-14;/h2-3,5,9,14-15H,4,6-8,10-11H2,1H3;1H. The molecule has 5 heteroatoms. The summed E-state index contributed by atoms with van der Waals surface area (Å²) in [6.07, 6.45) is 5.03. The third-order valence-electron chi connectivity index (χ3n) is 3.45. The molecule has 1 aromatic rings. The molecule has 4 nitrogen and oxygen atoms in total. The maximum atomic E-state index is 11.8. The fourth-order valence-electron chi connectivity index (χ4n) is 2.48. The van der Waals surface area contributed by atoms with Gasteiger partial charge in [0.15, 0.2) is 0 Å². The lowest BCUT2D eigenvalue weighted by molar-refractivity contribution is -0.132. The van der Waals surface area contributed by atoms with Gasteiger partial charge in [-0.15, -0.1) is 12.4 Å². The topological polar surface area (TPSA) is 45.2 Å².